The minimum Gasteiger partial charge on any atom is -0.322 e. The maximum Gasteiger partial charge on any atom is 0.248 e. The van der Waals surface area contributed by atoms with Crippen molar-refractivity contribution in [2.24, 2.45) is 0 Å². The number of carbonyl (C=O) groups excluding carboxylic acids is 1. The molecule has 1 aromatic heterocycles. The Morgan fingerprint density at radius 2 is 1.96 bits per heavy atom. The Balaban J connectivity index is 1.68. The molecule has 0 fully saturated rings. The van der Waals surface area contributed by atoms with Crippen LogP contribution >= 0.6 is 11.8 Å². The second kappa shape index (κ2) is 7.11. The third-order valence-electron chi connectivity index (χ3n) is 3.41. The zero-order chi connectivity index (χ0) is 16.1. The summed E-state index contributed by atoms with van der Waals surface area (Å²) in [4.78, 5) is 17.5. The van der Waals surface area contributed by atoms with E-state index in [2.05, 4.69) is 10.3 Å². The first kappa shape index (κ1) is 15.3. The van der Waals surface area contributed by atoms with Gasteiger partial charge in [0, 0.05) is 28.2 Å². The molecule has 114 valence electrons. The van der Waals surface area contributed by atoms with Gasteiger partial charge in [0.15, 0.2) is 0 Å². The number of aromatic nitrogens is 1. The van der Waals surface area contributed by atoms with Crippen LogP contribution in [0.2, 0.25) is 0 Å². The highest BCUT2D eigenvalue weighted by Gasteiger charge is 2.00. The Kier molecular flexibility index (Phi) is 4.74. The van der Waals surface area contributed by atoms with Crippen LogP contribution in [0.25, 0.3) is 17.0 Å². The second-order valence-electron chi connectivity index (χ2n) is 5.01. The van der Waals surface area contributed by atoms with Gasteiger partial charge in [-0.15, -0.1) is 11.8 Å². The highest BCUT2D eigenvalue weighted by molar-refractivity contribution is 7.98. The zero-order valence-corrected chi connectivity index (χ0v) is 13.5. The molecule has 2 aromatic carbocycles. The second-order valence-corrected chi connectivity index (χ2v) is 5.89. The van der Waals surface area contributed by atoms with Crippen LogP contribution in [0.15, 0.2) is 71.8 Å². The summed E-state index contributed by atoms with van der Waals surface area (Å²) in [5, 5.41) is 3.87. The van der Waals surface area contributed by atoms with E-state index in [4.69, 9.17) is 0 Å². The molecule has 0 saturated heterocycles. The van der Waals surface area contributed by atoms with Crippen LogP contribution in [0.5, 0.6) is 0 Å². The fraction of sp³-hybridized carbons (Fsp3) is 0.0526. The average Bonchev–Trinajstić information content (AvgIpc) is 2.60. The van der Waals surface area contributed by atoms with Gasteiger partial charge in [-0.25, -0.2) is 0 Å². The summed E-state index contributed by atoms with van der Waals surface area (Å²) in [6.45, 7) is 0. The van der Waals surface area contributed by atoms with Crippen molar-refractivity contribution in [3.8, 4) is 0 Å². The van der Waals surface area contributed by atoms with E-state index >= 15 is 0 Å². The first-order valence-corrected chi connectivity index (χ1v) is 8.45. The minimum atomic E-state index is -0.151. The third kappa shape index (κ3) is 3.99. The van der Waals surface area contributed by atoms with E-state index < -0.39 is 0 Å². The predicted molar refractivity (Wildman–Crippen MR) is 97.6 cm³/mol. The highest BCUT2D eigenvalue weighted by Crippen LogP contribution is 2.17. The molecule has 0 spiro atoms. The largest absolute Gasteiger partial charge is 0.322 e. The van der Waals surface area contributed by atoms with Gasteiger partial charge in [-0.3, -0.25) is 9.78 Å². The molecule has 1 amide bonds. The molecule has 0 atom stereocenters. The van der Waals surface area contributed by atoms with Crippen LogP contribution in [-0.2, 0) is 4.79 Å². The van der Waals surface area contributed by atoms with E-state index in [-0.39, 0.29) is 5.91 Å². The zero-order valence-electron chi connectivity index (χ0n) is 12.7. The molecule has 23 heavy (non-hydrogen) atoms. The van der Waals surface area contributed by atoms with Gasteiger partial charge in [-0.05, 0) is 54.3 Å². The maximum atomic E-state index is 12.0. The quantitative estimate of drug-likeness (QED) is 0.564. The number of nitrogens with one attached hydrogen (secondary N) is 1. The van der Waals surface area contributed by atoms with Crippen LogP contribution in [-0.4, -0.2) is 17.1 Å². The van der Waals surface area contributed by atoms with Crippen molar-refractivity contribution in [2.45, 2.75) is 4.90 Å². The Morgan fingerprint density at radius 1 is 1.13 bits per heavy atom. The molecule has 0 radical (unpaired) electrons. The van der Waals surface area contributed by atoms with Gasteiger partial charge in [0.1, 0.15) is 0 Å². The highest BCUT2D eigenvalue weighted by atomic mass is 32.2. The summed E-state index contributed by atoms with van der Waals surface area (Å²) >= 11 is 1.70. The Morgan fingerprint density at radius 3 is 2.74 bits per heavy atom. The number of pyridine rings is 1. The first-order chi connectivity index (χ1) is 11.2. The van der Waals surface area contributed by atoms with Crippen LogP contribution in [0, 0.1) is 0 Å². The van der Waals surface area contributed by atoms with Crippen LogP contribution in [0.3, 0.4) is 0 Å². The topological polar surface area (TPSA) is 42.0 Å². The van der Waals surface area contributed by atoms with Crippen LogP contribution in [0.4, 0.5) is 5.69 Å². The molecule has 0 aliphatic rings. The van der Waals surface area contributed by atoms with E-state index in [0.29, 0.717) is 0 Å². The lowest BCUT2D eigenvalue weighted by atomic mass is 10.2. The monoisotopic (exact) mass is 320 g/mol. The summed E-state index contributed by atoms with van der Waals surface area (Å²) in [7, 11) is 0. The number of hydrogen-bond acceptors (Lipinski definition) is 3. The standard InChI is InChI=1S/C19H16N2OS/c1-23-17-8-4-14(5-9-17)6-11-19(22)21-16-7-10-18-15(13-16)3-2-12-20-18/h2-13H,1H3,(H,21,22)/b11-6+. The molecule has 4 heteroatoms. The van der Waals surface area contributed by atoms with E-state index in [0.717, 1.165) is 22.2 Å². The Hall–Kier alpha value is -2.59. The molecule has 1 heterocycles. The fourth-order valence-electron chi connectivity index (χ4n) is 2.22. The van der Waals surface area contributed by atoms with Crippen molar-refractivity contribution >= 4 is 40.3 Å². The molecular formula is C19H16N2OS. The fourth-order valence-corrected chi connectivity index (χ4v) is 2.63. The van der Waals surface area contributed by atoms with Crippen molar-refractivity contribution in [2.75, 3.05) is 11.6 Å². The molecule has 3 rings (SSSR count). The van der Waals surface area contributed by atoms with Gasteiger partial charge < -0.3 is 5.32 Å². The number of rotatable bonds is 4. The number of hydrogen-bond donors (Lipinski definition) is 1. The molecule has 3 nitrogen and oxygen atoms in total. The molecule has 0 aliphatic carbocycles. The van der Waals surface area contributed by atoms with E-state index in [1.165, 1.54) is 4.90 Å². The summed E-state index contributed by atoms with van der Waals surface area (Å²) in [5.41, 5.74) is 2.67. The smallest absolute Gasteiger partial charge is 0.248 e. The number of amides is 1. The molecule has 1 N–H and O–H groups in total. The maximum absolute atomic E-state index is 12.0. The Bertz CT molecular complexity index is 857. The number of thioether (sulfide) groups is 1. The molecule has 0 saturated carbocycles. The molecule has 0 unspecified atom stereocenters. The van der Waals surface area contributed by atoms with Gasteiger partial charge >= 0.3 is 0 Å². The van der Waals surface area contributed by atoms with Crippen molar-refractivity contribution in [1.82, 2.24) is 4.98 Å². The van der Waals surface area contributed by atoms with Crippen molar-refractivity contribution < 1.29 is 4.79 Å². The molecule has 0 bridgehead atoms. The summed E-state index contributed by atoms with van der Waals surface area (Å²) in [5.74, 6) is -0.151. The lowest BCUT2D eigenvalue weighted by Crippen LogP contribution is -2.07. The van der Waals surface area contributed by atoms with Gasteiger partial charge in [-0.2, -0.15) is 0 Å². The number of benzene rings is 2. The van der Waals surface area contributed by atoms with E-state index in [1.54, 1.807) is 24.0 Å². The van der Waals surface area contributed by atoms with E-state index in [9.17, 15) is 4.79 Å². The molecule has 0 aliphatic heterocycles. The van der Waals surface area contributed by atoms with Crippen molar-refractivity contribution in [3.05, 3.63) is 72.4 Å². The van der Waals surface area contributed by atoms with Crippen molar-refractivity contribution in [1.29, 1.82) is 0 Å². The Labute approximate surface area is 139 Å². The summed E-state index contributed by atoms with van der Waals surface area (Å²) in [6.07, 6.45) is 7.15. The van der Waals surface area contributed by atoms with E-state index in [1.807, 2.05) is 66.9 Å². The first-order valence-electron chi connectivity index (χ1n) is 7.22. The van der Waals surface area contributed by atoms with Crippen molar-refractivity contribution in [3.63, 3.8) is 0 Å². The number of fused-ring (bicyclic) bond motifs is 1. The SMILES string of the molecule is CSc1ccc(/C=C/C(=O)Nc2ccc3ncccc3c2)cc1. The molecular weight excluding hydrogens is 304 g/mol. The third-order valence-corrected chi connectivity index (χ3v) is 4.16. The number of nitrogens with zero attached hydrogens (tertiary/aromatic N) is 1. The van der Waals surface area contributed by atoms with Gasteiger partial charge in [0.05, 0.1) is 5.52 Å². The van der Waals surface area contributed by atoms with Crippen LogP contribution < -0.4 is 5.32 Å². The van der Waals surface area contributed by atoms with Gasteiger partial charge in [0.2, 0.25) is 5.91 Å². The lowest BCUT2D eigenvalue weighted by Gasteiger charge is -2.04. The number of carbonyl (C=O) groups is 1. The van der Waals surface area contributed by atoms with Gasteiger partial charge in [0.25, 0.3) is 0 Å². The summed E-state index contributed by atoms with van der Waals surface area (Å²) < 4.78 is 0. The average molecular weight is 320 g/mol. The van der Waals surface area contributed by atoms with Crippen LogP contribution in [0.1, 0.15) is 5.56 Å². The number of anilines is 1. The summed E-state index contributed by atoms with van der Waals surface area (Å²) in [6, 6.07) is 17.6. The lowest BCUT2D eigenvalue weighted by molar-refractivity contribution is -0.111. The normalized spacial score (nSPS) is 11.0. The van der Waals surface area contributed by atoms with Gasteiger partial charge in [-0.1, -0.05) is 18.2 Å². The minimum absolute atomic E-state index is 0.151. The molecule has 3 aromatic rings. The predicted octanol–water partition coefficient (Wildman–Crippen LogP) is 4.61.